The monoisotopic (exact) mass is 414 g/mol. The highest BCUT2D eigenvalue weighted by Gasteiger charge is 2.19. The Morgan fingerprint density at radius 1 is 1.14 bits per heavy atom. The van der Waals surface area contributed by atoms with Crippen LogP contribution in [-0.4, -0.2) is 23.4 Å². The molecule has 9 heteroatoms. The van der Waals surface area contributed by atoms with E-state index in [1.165, 1.54) is 24.3 Å². The van der Waals surface area contributed by atoms with E-state index in [2.05, 4.69) is 5.32 Å². The number of halogens is 1. The zero-order valence-corrected chi connectivity index (χ0v) is 16.0. The zero-order valence-electron chi connectivity index (χ0n) is 15.2. The molecule has 0 aliphatic carbocycles. The summed E-state index contributed by atoms with van der Waals surface area (Å²) in [5, 5.41) is 13.5. The number of thiophene rings is 1. The van der Waals surface area contributed by atoms with Crippen molar-refractivity contribution in [2.45, 2.75) is 6.92 Å². The van der Waals surface area contributed by atoms with Gasteiger partial charge >= 0.3 is 5.97 Å². The largest absolute Gasteiger partial charge is 0.451 e. The van der Waals surface area contributed by atoms with Crippen molar-refractivity contribution in [1.29, 1.82) is 0 Å². The Bertz CT molecular complexity index is 1080. The van der Waals surface area contributed by atoms with E-state index in [-0.39, 0.29) is 22.1 Å². The van der Waals surface area contributed by atoms with Gasteiger partial charge < -0.3 is 10.1 Å². The fourth-order valence-electron chi connectivity index (χ4n) is 2.56. The van der Waals surface area contributed by atoms with Crippen LogP contribution >= 0.6 is 11.3 Å². The smallest absolute Gasteiger partial charge is 0.348 e. The lowest BCUT2D eigenvalue weighted by molar-refractivity contribution is -0.384. The lowest BCUT2D eigenvalue weighted by atomic mass is 10.1. The molecule has 29 heavy (non-hydrogen) atoms. The summed E-state index contributed by atoms with van der Waals surface area (Å²) in [6, 6.07) is 13.5. The Morgan fingerprint density at radius 2 is 1.86 bits per heavy atom. The van der Waals surface area contributed by atoms with Crippen molar-refractivity contribution in [2.24, 2.45) is 0 Å². The van der Waals surface area contributed by atoms with Gasteiger partial charge in [0.1, 0.15) is 16.4 Å². The van der Waals surface area contributed by atoms with Gasteiger partial charge in [-0.3, -0.25) is 14.9 Å². The van der Waals surface area contributed by atoms with Gasteiger partial charge in [0.25, 0.3) is 11.6 Å². The highest BCUT2D eigenvalue weighted by molar-refractivity contribution is 7.17. The normalized spacial score (nSPS) is 10.4. The standard InChI is InChI=1S/C20H15FN2O5S/c1-12-3-2-4-15(23(26)27)19(12)22-18(24)11-28-20(25)17-10-9-16(29-17)13-5-7-14(21)8-6-13/h2-10H,11H2,1H3,(H,22,24). The second-order valence-corrected chi connectivity index (χ2v) is 7.11. The fourth-order valence-corrected chi connectivity index (χ4v) is 3.47. The summed E-state index contributed by atoms with van der Waals surface area (Å²) in [5.41, 5.74) is 1.08. The SMILES string of the molecule is Cc1cccc([N+](=O)[O-])c1NC(=O)COC(=O)c1ccc(-c2ccc(F)cc2)s1. The molecule has 0 saturated heterocycles. The summed E-state index contributed by atoms with van der Waals surface area (Å²) >= 11 is 1.15. The molecule has 3 aromatic rings. The van der Waals surface area contributed by atoms with Gasteiger partial charge in [-0.15, -0.1) is 11.3 Å². The van der Waals surface area contributed by atoms with Crippen LogP contribution in [0.25, 0.3) is 10.4 Å². The number of esters is 1. The number of para-hydroxylation sites is 1. The molecule has 0 fully saturated rings. The Labute approximate surface area is 168 Å². The number of nitrogens with zero attached hydrogens (tertiary/aromatic N) is 1. The van der Waals surface area contributed by atoms with Crippen LogP contribution in [0.1, 0.15) is 15.2 Å². The van der Waals surface area contributed by atoms with Gasteiger partial charge in [-0.05, 0) is 42.3 Å². The van der Waals surface area contributed by atoms with Crippen LogP contribution in [0.4, 0.5) is 15.8 Å². The van der Waals surface area contributed by atoms with Gasteiger partial charge in [0.05, 0.1) is 4.92 Å². The van der Waals surface area contributed by atoms with Crippen molar-refractivity contribution < 1.29 is 23.6 Å². The molecule has 3 rings (SSSR count). The third-order valence-corrected chi connectivity index (χ3v) is 5.10. The summed E-state index contributed by atoms with van der Waals surface area (Å²) < 4.78 is 18.0. The minimum atomic E-state index is -0.696. The van der Waals surface area contributed by atoms with E-state index in [0.29, 0.717) is 5.56 Å². The van der Waals surface area contributed by atoms with Crippen LogP contribution in [0, 0.1) is 22.9 Å². The van der Waals surface area contributed by atoms with Crippen LogP contribution in [0.2, 0.25) is 0 Å². The fraction of sp³-hybridized carbons (Fsp3) is 0.100. The number of hydrogen-bond donors (Lipinski definition) is 1. The Balaban J connectivity index is 1.62. The first-order valence-corrected chi connectivity index (χ1v) is 9.23. The van der Waals surface area contributed by atoms with Gasteiger partial charge in [-0.2, -0.15) is 0 Å². The van der Waals surface area contributed by atoms with Crippen LogP contribution in [0.5, 0.6) is 0 Å². The number of nitro benzene ring substituents is 1. The minimum absolute atomic E-state index is 0.0632. The highest BCUT2D eigenvalue weighted by Crippen LogP contribution is 2.29. The average Bonchev–Trinajstić information content (AvgIpc) is 3.18. The number of amides is 1. The van der Waals surface area contributed by atoms with E-state index < -0.39 is 23.4 Å². The number of anilines is 1. The Morgan fingerprint density at radius 3 is 2.55 bits per heavy atom. The second kappa shape index (κ2) is 8.61. The number of ether oxygens (including phenoxy) is 1. The third-order valence-electron chi connectivity index (χ3n) is 3.98. The molecule has 1 aromatic heterocycles. The maximum absolute atomic E-state index is 13.0. The van der Waals surface area contributed by atoms with Crippen molar-refractivity contribution in [3.63, 3.8) is 0 Å². The lowest BCUT2D eigenvalue weighted by Gasteiger charge is -2.09. The summed E-state index contributed by atoms with van der Waals surface area (Å²) in [4.78, 5) is 35.8. The van der Waals surface area contributed by atoms with E-state index in [9.17, 15) is 24.1 Å². The maximum atomic E-state index is 13.0. The first-order valence-electron chi connectivity index (χ1n) is 8.42. The van der Waals surface area contributed by atoms with Crippen LogP contribution in [0.3, 0.4) is 0 Å². The van der Waals surface area contributed by atoms with E-state index in [1.54, 1.807) is 37.3 Å². The van der Waals surface area contributed by atoms with Crippen molar-refractivity contribution in [1.82, 2.24) is 0 Å². The molecule has 0 spiro atoms. The van der Waals surface area contributed by atoms with E-state index >= 15 is 0 Å². The average molecular weight is 414 g/mol. The molecule has 7 nitrogen and oxygen atoms in total. The number of rotatable bonds is 6. The summed E-state index contributed by atoms with van der Waals surface area (Å²) in [6.45, 7) is 1.03. The van der Waals surface area contributed by atoms with E-state index in [0.717, 1.165) is 21.8 Å². The predicted octanol–water partition coefficient (Wildman–Crippen LogP) is 4.57. The number of nitrogens with one attached hydrogen (secondary N) is 1. The number of carbonyl (C=O) groups excluding carboxylic acids is 2. The summed E-state index contributed by atoms with van der Waals surface area (Å²) in [5.74, 6) is -1.74. The molecule has 0 atom stereocenters. The van der Waals surface area contributed by atoms with Crippen molar-refractivity contribution in [3.05, 3.63) is 81.0 Å². The minimum Gasteiger partial charge on any atom is -0.451 e. The molecular formula is C20H15FN2O5S. The lowest BCUT2D eigenvalue weighted by Crippen LogP contribution is -2.21. The molecule has 0 bridgehead atoms. The van der Waals surface area contributed by atoms with Crippen LogP contribution < -0.4 is 5.32 Å². The van der Waals surface area contributed by atoms with Crippen LogP contribution in [0.15, 0.2) is 54.6 Å². The van der Waals surface area contributed by atoms with E-state index in [4.69, 9.17) is 4.74 Å². The quantitative estimate of drug-likeness (QED) is 0.362. The first-order chi connectivity index (χ1) is 13.8. The molecule has 0 radical (unpaired) electrons. The number of hydrogen-bond acceptors (Lipinski definition) is 6. The molecule has 1 N–H and O–H groups in total. The van der Waals surface area contributed by atoms with Gasteiger partial charge in [0.2, 0.25) is 0 Å². The van der Waals surface area contributed by atoms with Crippen molar-refractivity contribution in [3.8, 4) is 10.4 Å². The first kappa shape index (κ1) is 20.2. The van der Waals surface area contributed by atoms with Crippen molar-refractivity contribution in [2.75, 3.05) is 11.9 Å². The molecule has 2 aromatic carbocycles. The second-order valence-electron chi connectivity index (χ2n) is 6.02. The van der Waals surface area contributed by atoms with Gasteiger partial charge in [-0.1, -0.05) is 24.3 Å². The maximum Gasteiger partial charge on any atom is 0.348 e. The molecule has 1 heterocycles. The molecule has 1 amide bonds. The molecule has 0 unspecified atom stereocenters. The van der Waals surface area contributed by atoms with E-state index in [1.807, 2.05) is 0 Å². The molecule has 0 saturated carbocycles. The Kier molecular flexibility index (Phi) is 5.99. The van der Waals surface area contributed by atoms with Crippen molar-refractivity contribution >= 4 is 34.6 Å². The van der Waals surface area contributed by atoms with Crippen LogP contribution in [-0.2, 0) is 9.53 Å². The van der Waals surface area contributed by atoms with Gasteiger partial charge in [0, 0.05) is 10.9 Å². The number of nitro groups is 1. The molecular weight excluding hydrogens is 399 g/mol. The zero-order chi connectivity index (χ0) is 21.0. The topological polar surface area (TPSA) is 98.5 Å². The Hall–Kier alpha value is -3.59. The van der Waals surface area contributed by atoms with Gasteiger partial charge in [-0.25, -0.2) is 9.18 Å². The molecule has 148 valence electrons. The predicted molar refractivity (Wildman–Crippen MR) is 106 cm³/mol. The molecule has 0 aliphatic heterocycles. The third kappa shape index (κ3) is 4.82. The number of aryl methyl sites for hydroxylation is 1. The number of carbonyl (C=O) groups is 2. The highest BCUT2D eigenvalue weighted by atomic mass is 32.1. The van der Waals surface area contributed by atoms with Gasteiger partial charge in [0.15, 0.2) is 6.61 Å². The molecule has 0 aliphatic rings. The summed E-state index contributed by atoms with van der Waals surface area (Å²) in [6.07, 6.45) is 0. The number of benzene rings is 2. The summed E-state index contributed by atoms with van der Waals surface area (Å²) in [7, 11) is 0.